The van der Waals surface area contributed by atoms with Crippen molar-refractivity contribution in [3.63, 3.8) is 0 Å². The lowest BCUT2D eigenvalue weighted by Crippen LogP contribution is -2.45. The first-order valence-corrected chi connectivity index (χ1v) is 12.6. The van der Waals surface area contributed by atoms with Gasteiger partial charge in [-0.1, -0.05) is 53.5 Å². The van der Waals surface area contributed by atoms with Crippen molar-refractivity contribution in [3.05, 3.63) is 29.3 Å². The first-order chi connectivity index (χ1) is 14.1. The molecule has 2 nitrogen and oxygen atoms in total. The average Bonchev–Trinajstić information content (AvgIpc) is 3.05. The van der Waals surface area contributed by atoms with Crippen molar-refractivity contribution in [2.24, 2.45) is 40.9 Å². The van der Waals surface area contributed by atoms with E-state index in [1.54, 1.807) is 6.07 Å². The van der Waals surface area contributed by atoms with Gasteiger partial charge in [0.1, 0.15) is 5.75 Å². The summed E-state index contributed by atoms with van der Waals surface area (Å²) in [6, 6.07) is 5.70. The predicted molar refractivity (Wildman–Crippen MR) is 127 cm³/mol. The topological polar surface area (TPSA) is 40.5 Å². The Labute approximate surface area is 185 Å². The highest BCUT2D eigenvalue weighted by atomic mass is 16.3. The van der Waals surface area contributed by atoms with Crippen LogP contribution in [0.2, 0.25) is 0 Å². The number of benzene rings is 1. The van der Waals surface area contributed by atoms with Crippen molar-refractivity contribution < 1.29 is 10.2 Å². The predicted octanol–water partition coefficient (Wildman–Crippen LogP) is 7.15. The Balaban J connectivity index is 1.67. The number of aromatic hydroxyl groups is 1. The highest BCUT2D eigenvalue weighted by Gasteiger charge is 2.54. The van der Waals surface area contributed by atoms with E-state index < -0.39 is 0 Å². The molecule has 0 amide bonds. The summed E-state index contributed by atoms with van der Waals surface area (Å²) in [5.74, 6) is 4.58. The molecule has 0 aromatic heterocycles. The number of aliphatic hydroxyl groups excluding tert-OH is 1. The number of hydrogen-bond donors (Lipinski definition) is 2. The van der Waals surface area contributed by atoms with E-state index in [-0.39, 0.29) is 6.10 Å². The minimum atomic E-state index is -0.157. The Hall–Kier alpha value is -1.02. The fourth-order valence-electron chi connectivity index (χ4n) is 6.95. The van der Waals surface area contributed by atoms with Gasteiger partial charge >= 0.3 is 0 Å². The van der Waals surface area contributed by atoms with Crippen molar-refractivity contribution in [2.75, 3.05) is 0 Å². The van der Waals surface area contributed by atoms with Crippen LogP contribution in [-0.2, 0) is 6.42 Å². The first kappa shape index (κ1) is 23.6. The van der Waals surface area contributed by atoms with Crippen LogP contribution >= 0.6 is 0 Å². The van der Waals surface area contributed by atoms with Crippen LogP contribution in [0.1, 0.15) is 90.7 Å². The van der Waals surface area contributed by atoms with Crippen LogP contribution in [0.25, 0.3) is 0 Å². The molecule has 2 aliphatic rings. The molecule has 0 bridgehead atoms. The number of aliphatic hydroxyl groups is 1. The van der Waals surface area contributed by atoms with Gasteiger partial charge in [-0.25, -0.2) is 0 Å². The lowest BCUT2D eigenvalue weighted by Gasteiger charge is -2.49. The summed E-state index contributed by atoms with van der Waals surface area (Å²) in [4.78, 5) is 0. The van der Waals surface area contributed by atoms with Gasteiger partial charge in [0.05, 0.1) is 6.10 Å². The maximum Gasteiger partial charge on any atom is 0.115 e. The molecule has 170 valence electrons. The summed E-state index contributed by atoms with van der Waals surface area (Å²) < 4.78 is 0. The van der Waals surface area contributed by atoms with Crippen LogP contribution in [-0.4, -0.2) is 16.3 Å². The fourth-order valence-corrected chi connectivity index (χ4v) is 6.95. The summed E-state index contributed by atoms with van der Waals surface area (Å²) in [5.41, 5.74) is 2.87. The Morgan fingerprint density at radius 3 is 2.50 bits per heavy atom. The minimum absolute atomic E-state index is 0.157. The van der Waals surface area contributed by atoms with Crippen molar-refractivity contribution >= 4 is 0 Å². The molecule has 0 spiro atoms. The highest BCUT2D eigenvalue weighted by Crippen LogP contribution is 2.60. The smallest absolute Gasteiger partial charge is 0.115 e. The summed E-state index contributed by atoms with van der Waals surface area (Å²) in [6.45, 7) is 14.3. The van der Waals surface area contributed by atoms with Gasteiger partial charge in [-0.3, -0.25) is 0 Å². The quantitative estimate of drug-likeness (QED) is 0.474. The molecule has 3 rings (SSSR count). The second-order valence-electron chi connectivity index (χ2n) is 11.5. The van der Waals surface area contributed by atoms with Crippen molar-refractivity contribution in [1.29, 1.82) is 0 Å². The number of rotatable bonds is 8. The minimum Gasteiger partial charge on any atom is -0.508 e. The molecule has 2 saturated carbocycles. The van der Waals surface area contributed by atoms with Gasteiger partial charge < -0.3 is 10.2 Å². The number of phenolic OH excluding ortho intramolecular Hbond substituents is 1. The molecule has 0 aliphatic heterocycles. The summed E-state index contributed by atoms with van der Waals surface area (Å²) >= 11 is 0. The molecular formula is C28H46O2. The van der Waals surface area contributed by atoms with Gasteiger partial charge in [0, 0.05) is 0 Å². The second-order valence-corrected chi connectivity index (χ2v) is 11.5. The molecule has 1 aromatic rings. The summed E-state index contributed by atoms with van der Waals surface area (Å²) in [5, 5.41) is 20.8. The summed E-state index contributed by atoms with van der Waals surface area (Å²) in [6.07, 6.45) is 9.31. The van der Waals surface area contributed by atoms with E-state index in [4.69, 9.17) is 0 Å². The zero-order chi connectivity index (χ0) is 22.1. The standard InChI is InChI=1S/C28H46O2/c1-18(2)19(3)7-8-21(5)25-13-14-26-24(27(30)15-16-28(25,26)6)12-10-22-17-23(29)11-9-20(22)4/h9,11,17-19,21,24-27,29-30H,7-8,10,12-16H2,1-6H3/t19-,21-,24+,25-,26+,27-,28-/m1/s1. The van der Waals surface area contributed by atoms with E-state index in [9.17, 15) is 10.2 Å². The molecule has 1 aromatic carbocycles. The zero-order valence-corrected chi connectivity index (χ0v) is 20.3. The van der Waals surface area contributed by atoms with Gasteiger partial charge in [-0.05, 0) is 110 Å². The van der Waals surface area contributed by atoms with Crippen LogP contribution in [0.4, 0.5) is 0 Å². The fraction of sp³-hybridized carbons (Fsp3) is 0.786. The molecule has 0 heterocycles. The van der Waals surface area contributed by atoms with Crippen molar-refractivity contribution in [3.8, 4) is 5.75 Å². The van der Waals surface area contributed by atoms with Gasteiger partial charge in [0.15, 0.2) is 0 Å². The molecular weight excluding hydrogens is 368 g/mol. The molecule has 0 unspecified atom stereocenters. The van der Waals surface area contributed by atoms with Crippen LogP contribution in [0.5, 0.6) is 5.75 Å². The SMILES string of the molecule is Cc1ccc(O)cc1CC[C@@H]1[C@H](O)CC[C@]2(C)[C@@H]([C@H](C)CC[C@@H](C)C(C)C)CC[C@@H]12. The van der Waals surface area contributed by atoms with Crippen molar-refractivity contribution in [1.82, 2.24) is 0 Å². The third-order valence-electron chi connectivity index (χ3n) is 9.45. The van der Waals surface area contributed by atoms with Gasteiger partial charge in [0.25, 0.3) is 0 Å². The molecule has 2 heteroatoms. The number of aryl methyl sites for hydroxylation is 2. The van der Waals surface area contributed by atoms with Crippen LogP contribution < -0.4 is 0 Å². The molecule has 2 N–H and O–H groups in total. The van der Waals surface area contributed by atoms with E-state index in [1.165, 1.54) is 43.2 Å². The normalized spacial score (nSPS) is 33.5. The first-order valence-electron chi connectivity index (χ1n) is 12.6. The number of hydrogen-bond acceptors (Lipinski definition) is 2. The average molecular weight is 415 g/mol. The maximum atomic E-state index is 10.9. The Morgan fingerprint density at radius 2 is 1.80 bits per heavy atom. The highest BCUT2D eigenvalue weighted by molar-refractivity contribution is 5.34. The summed E-state index contributed by atoms with van der Waals surface area (Å²) in [7, 11) is 0. The van der Waals surface area contributed by atoms with E-state index in [2.05, 4.69) is 41.5 Å². The lowest BCUT2D eigenvalue weighted by atomic mass is 9.57. The van der Waals surface area contributed by atoms with Crippen LogP contribution in [0.15, 0.2) is 18.2 Å². The number of phenols is 1. The largest absolute Gasteiger partial charge is 0.508 e. The molecule has 30 heavy (non-hydrogen) atoms. The van der Waals surface area contributed by atoms with Crippen LogP contribution in [0, 0.1) is 47.8 Å². The Morgan fingerprint density at radius 1 is 1.07 bits per heavy atom. The third kappa shape index (κ3) is 4.90. The molecule has 2 aliphatic carbocycles. The molecule has 7 atom stereocenters. The van der Waals surface area contributed by atoms with Crippen molar-refractivity contribution in [2.45, 2.75) is 99.0 Å². The zero-order valence-electron chi connectivity index (χ0n) is 20.3. The van der Waals surface area contributed by atoms with E-state index in [0.717, 1.165) is 42.9 Å². The second kappa shape index (κ2) is 9.63. The Kier molecular flexibility index (Phi) is 7.59. The van der Waals surface area contributed by atoms with Gasteiger partial charge in [-0.15, -0.1) is 0 Å². The van der Waals surface area contributed by atoms with E-state index in [0.29, 0.717) is 23.0 Å². The molecule has 0 radical (unpaired) electrons. The van der Waals surface area contributed by atoms with E-state index >= 15 is 0 Å². The number of fused-ring (bicyclic) bond motifs is 1. The van der Waals surface area contributed by atoms with Crippen LogP contribution in [0.3, 0.4) is 0 Å². The lowest BCUT2D eigenvalue weighted by molar-refractivity contribution is -0.0531. The van der Waals surface area contributed by atoms with E-state index in [1.807, 2.05) is 12.1 Å². The maximum absolute atomic E-state index is 10.9. The molecule has 0 saturated heterocycles. The Bertz CT molecular complexity index is 696. The van der Waals surface area contributed by atoms with Gasteiger partial charge in [-0.2, -0.15) is 0 Å². The van der Waals surface area contributed by atoms with Gasteiger partial charge in [0.2, 0.25) is 0 Å². The third-order valence-corrected chi connectivity index (χ3v) is 9.45. The molecule has 2 fully saturated rings. The monoisotopic (exact) mass is 414 g/mol.